The lowest BCUT2D eigenvalue weighted by Gasteiger charge is -2.17. The largest absolute Gasteiger partial charge is 0.431 e. The van der Waals surface area contributed by atoms with Gasteiger partial charge in [0.05, 0.1) is 6.10 Å². The second-order valence-electron chi connectivity index (χ2n) is 6.24. The van der Waals surface area contributed by atoms with Crippen molar-refractivity contribution in [3.05, 3.63) is 60.2 Å². The van der Waals surface area contributed by atoms with Crippen LogP contribution in [0.3, 0.4) is 0 Å². The Kier molecular flexibility index (Phi) is 5.22. The highest BCUT2D eigenvalue weighted by atomic mass is 32.2. The molecule has 134 valence electrons. The second kappa shape index (κ2) is 7.93. The summed E-state index contributed by atoms with van der Waals surface area (Å²) in [6.45, 7) is 1.32. The number of fused-ring (bicyclic) bond motifs is 1. The molecule has 0 spiro atoms. The molecule has 2 aromatic carbocycles. The first-order valence-corrected chi connectivity index (χ1v) is 9.64. The fourth-order valence-corrected chi connectivity index (χ4v) is 3.99. The van der Waals surface area contributed by atoms with Crippen molar-refractivity contribution in [3.63, 3.8) is 0 Å². The average molecular weight is 368 g/mol. The molecule has 1 N–H and O–H groups in total. The Bertz CT molecular complexity index is 842. The van der Waals surface area contributed by atoms with Crippen LogP contribution in [0, 0.1) is 0 Å². The first kappa shape index (κ1) is 17.1. The van der Waals surface area contributed by atoms with E-state index in [-0.39, 0.29) is 12.0 Å². The van der Waals surface area contributed by atoms with Crippen LogP contribution in [0.2, 0.25) is 0 Å². The van der Waals surface area contributed by atoms with Gasteiger partial charge in [-0.2, -0.15) is 0 Å². The van der Waals surface area contributed by atoms with Gasteiger partial charge >= 0.3 is 0 Å². The van der Waals surface area contributed by atoms with Gasteiger partial charge in [0.25, 0.3) is 5.22 Å². The van der Waals surface area contributed by atoms with Gasteiger partial charge < -0.3 is 14.5 Å². The molecule has 1 fully saturated rings. The van der Waals surface area contributed by atoms with Gasteiger partial charge in [-0.1, -0.05) is 42.5 Å². The molecule has 0 aliphatic carbocycles. The summed E-state index contributed by atoms with van der Waals surface area (Å²) in [5, 5.41) is 3.09. The number of benzene rings is 2. The Morgan fingerprint density at radius 3 is 2.77 bits per heavy atom. The van der Waals surface area contributed by atoms with Crippen molar-refractivity contribution in [2.24, 2.45) is 0 Å². The number of para-hydroxylation sites is 2. The molecule has 3 aromatic rings. The molecule has 1 saturated heterocycles. The normalized spacial score (nSPS) is 18.1. The molecule has 5 nitrogen and oxygen atoms in total. The smallest absolute Gasteiger partial charge is 0.257 e. The Hall–Kier alpha value is -2.31. The van der Waals surface area contributed by atoms with E-state index in [4.69, 9.17) is 9.15 Å². The minimum atomic E-state index is -0.425. The molecule has 2 heterocycles. The third-order valence-electron chi connectivity index (χ3n) is 4.36. The van der Waals surface area contributed by atoms with Crippen LogP contribution in [0.1, 0.15) is 23.7 Å². The van der Waals surface area contributed by atoms with Crippen molar-refractivity contribution in [1.82, 2.24) is 10.3 Å². The van der Waals surface area contributed by atoms with E-state index in [2.05, 4.69) is 10.3 Å². The maximum Gasteiger partial charge on any atom is 0.257 e. The number of carbonyl (C=O) groups is 1. The molecule has 1 aliphatic rings. The molecule has 4 rings (SSSR count). The van der Waals surface area contributed by atoms with Gasteiger partial charge in [0, 0.05) is 13.2 Å². The SMILES string of the molecule is O=C(NC[C@@H]1CCCO1)[C@@H](Sc1nc2ccccc2o1)c1ccccc1. The second-order valence-corrected chi connectivity index (χ2v) is 7.29. The van der Waals surface area contributed by atoms with E-state index in [1.54, 1.807) is 0 Å². The van der Waals surface area contributed by atoms with E-state index >= 15 is 0 Å². The topological polar surface area (TPSA) is 64.4 Å². The zero-order chi connectivity index (χ0) is 17.8. The molecule has 1 amide bonds. The van der Waals surface area contributed by atoms with Gasteiger partial charge in [0.15, 0.2) is 5.58 Å². The number of thioether (sulfide) groups is 1. The van der Waals surface area contributed by atoms with Crippen LogP contribution < -0.4 is 5.32 Å². The molecular formula is C20H20N2O3S. The van der Waals surface area contributed by atoms with Gasteiger partial charge in [-0.3, -0.25) is 4.79 Å². The van der Waals surface area contributed by atoms with Crippen LogP contribution in [0.25, 0.3) is 11.1 Å². The molecule has 1 aliphatic heterocycles. The van der Waals surface area contributed by atoms with E-state index in [0.29, 0.717) is 11.8 Å². The van der Waals surface area contributed by atoms with Crippen LogP contribution in [0.4, 0.5) is 0 Å². The van der Waals surface area contributed by atoms with E-state index in [9.17, 15) is 4.79 Å². The molecular weight excluding hydrogens is 348 g/mol. The Morgan fingerprint density at radius 2 is 2.00 bits per heavy atom. The quantitative estimate of drug-likeness (QED) is 0.667. The number of carbonyl (C=O) groups excluding carboxylic acids is 1. The van der Waals surface area contributed by atoms with Crippen molar-refractivity contribution in [1.29, 1.82) is 0 Å². The summed E-state index contributed by atoms with van der Waals surface area (Å²) in [5.74, 6) is -0.0565. The number of oxazole rings is 1. The first-order chi connectivity index (χ1) is 12.8. The molecule has 6 heteroatoms. The molecule has 26 heavy (non-hydrogen) atoms. The lowest BCUT2D eigenvalue weighted by atomic mass is 10.1. The standard InChI is InChI=1S/C20H20N2O3S/c23-19(21-13-15-9-6-12-24-15)18(14-7-2-1-3-8-14)26-20-22-16-10-4-5-11-17(16)25-20/h1-5,7-8,10-11,15,18H,6,9,12-13H2,(H,21,23)/t15-,18-/m0/s1. The van der Waals surface area contributed by atoms with E-state index in [1.807, 2.05) is 54.6 Å². The third-order valence-corrected chi connectivity index (χ3v) is 5.46. The molecule has 0 radical (unpaired) electrons. The zero-order valence-electron chi connectivity index (χ0n) is 14.3. The van der Waals surface area contributed by atoms with Gasteiger partial charge in [0.1, 0.15) is 10.8 Å². The Morgan fingerprint density at radius 1 is 1.19 bits per heavy atom. The predicted molar refractivity (Wildman–Crippen MR) is 101 cm³/mol. The number of amides is 1. The monoisotopic (exact) mass is 368 g/mol. The summed E-state index contributed by atoms with van der Waals surface area (Å²) in [6, 6.07) is 17.3. The van der Waals surface area contributed by atoms with Crippen molar-refractivity contribution in [3.8, 4) is 0 Å². The number of ether oxygens (including phenoxy) is 1. The van der Waals surface area contributed by atoms with Crippen LogP contribution in [0.5, 0.6) is 0 Å². The van der Waals surface area contributed by atoms with Crippen molar-refractivity contribution in [2.45, 2.75) is 29.4 Å². The van der Waals surface area contributed by atoms with Crippen molar-refractivity contribution >= 4 is 28.8 Å². The molecule has 2 atom stereocenters. The lowest BCUT2D eigenvalue weighted by Crippen LogP contribution is -2.34. The van der Waals surface area contributed by atoms with E-state index in [0.717, 1.165) is 36.1 Å². The zero-order valence-corrected chi connectivity index (χ0v) is 15.1. The van der Waals surface area contributed by atoms with Gasteiger partial charge in [-0.05, 0) is 42.3 Å². The molecule has 0 bridgehead atoms. The van der Waals surface area contributed by atoms with Gasteiger partial charge in [0.2, 0.25) is 5.91 Å². The molecule has 1 aromatic heterocycles. The molecule has 0 unspecified atom stereocenters. The first-order valence-electron chi connectivity index (χ1n) is 8.76. The van der Waals surface area contributed by atoms with Gasteiger partial charge in [-0.25, -0.2) is 4.98 Å². The number of nitrogens with one attached hydrogen (secondary N) is 1. The predicted octanol–water partition coefficient (Wildman–Crippen LogP) is 3.96. The highest BCUT2D eigenvalue weighted by Crippen LogP contribution is 2.36. The summed E-state index contributed by atoms with van der Waals surface area (Å²) in [6.07, 6.45) is 2.17. The average Bonchev–Trinajstić information content (AvgIpc) is 3.34. The number of rotatable bonds is 6. The highest BCUT2D eigenvalue weighted by Gasteiger charge is 2.26. The molecule has 0 saturated carbocycles. The highest BCUT2D eigenvalue weighted by molar-refractivity contribution is 8.00. The third kappa shape index (κ3) is 3.92. The van der Waals surface area contributed by atoms with Gasteiger partial charge in [-0.15, -0.1) is 0 Å². The summed E-state index contributed by atoms with van der Waals surface area (Å²) in [4.78, 5) is 17.4. The maximum atomic E-state index is 12.9. The summed E-state index contributed by atoms with van der Waals surface area (Å²) in [7, 11) is 0. The Labute approximate surface area is 156 Å². The summed E-state index contributed by atoms with van der Waals surface area (Å²) in [5.41, 5.74) is 2.44. The van der Waals surface area contributed by atoms with Crippen LogP contribution in [-0.4, -0.2) is 30.1 Å². The number of hydrogen-bond donors (Lipinski definition) is 1. The van der Waals surface area contributed by atoms with Crippen LogP contribution in [0.15, 0.2) is 64.2 Å². The minimum absolute atomic E-state index is 0.0565. The van der Waals surface area contributed by atoms with Crippen LogP contribution >= 0.6 is 11.8 Å². The summed E-state index contributed by atoms with van der Waals surface area (Å²) >= 11 is 1.33. The van der Waals surface area contributed by atoms with E-state index in [1.165, 1.54) is 11.8 Å². The fraction of sp³-hybridized carbons (Fsp3) is 0.300. The lowest BCUT2D eigenvalue weighted by molar-refractivity contribution is -0.121. The van der Waals surface area contributed by atoms with Crippen molar-refractivity contribution < 1.29 is 13.9 Å². The number of aromatic nitrogens is 1. The number of hydrogen-bond acceptors (Lipinski definition) is 5. The summed E-state index contributed by atoms with van der Waals surface area (Å²) < 4.78 is 11.4. The fourth-order valence-electron chi connectivity index (χ4n) is 3.02. The van der Waals surface area contributed by atoms with E-state index < -0.39 is 5.25 Å². The maximum absolute atomic E-state index is 12.9. The number of nitrogens with zero attached hydrogens (tertiary/aromatic N) is 1. The van der Waals surface area contributed by atoms with Crippen LogP contribution in [-0.2, 0) is 9.53 Å². The van der Waals surface area contributed by atoms with Crippen molar-refractivity contribution in [2.75, 3.05) is 13.2 Å². The minimum Gasteiger partial charge on any atom is -0.431 e. The Balaban J connectivity index is 1.53.